The zero-order valence-corrected chi connectivity index (χ0v) is 16.6. The minimum Gasteiger partial charge on any atom is -0.333 e. The van der Waals surface area contributed by atoms with Crippen LogP contribution >= 0.6 is 11.3 Å². The van der Waals surface area contributed by atoms with E-state index in [0.717, 1.165) is 49.1 Å². The summed E-state index contributed by atoms with van der Waals surface area (Å²) in [4.78, 5) is 31.8. The molecule has 7 heteroatoms. The first-order valence-corrected chi connectivity index (χ1v) is 10.0. The topological polar surface area (TPSA) is 88.3 Å². The molecule has 2 amide bonds. The average Bonchev–Trinajstić information content (AvgIpc) is 2.88. The summed E-state index contributed by atoms with van der Waals surface area (Å²) in [6.07, 6.45) is 6.27. The lowest BCUT2D eigenvalue weighted by atomic mass is 10.1. The van der Waals surface area contributed by atoms with E-state index in [1.165, 1.54) is 11.3 Å². The van der Waals surface area contributed by atoms with Crippen molar-refractivity contribution < 1.29 is 9.59 Å². The van der Waals surface area contributed by atoms with Crippen molar-refractivity contribution in [2.24, 2.45) is 5.73 Å². The molecule has 0 unspecified atom stereocenters. The number of rotatable bonds is 12. The smallest absolute Gasteiger partial charge is 0.245 e. The predicted molar refractivity (Wildman–Crippen MR) is 104 cm³/mol. The molecule has 0 atom stereocenters. The van der Waals surface area contributed by atoms with E-state index in [2.05, 4.69) is 17.2 Å². The first-order chi connectivity index (χ1) is 12.0. The number of carbonyl (C=O) groups excluding carboxylic acids is 2. The van der Waals surface area contributed by atoms with Gasteiger partial charge in [0, 0.05) is 17.8 Å². The van der Waals surface area contributed by atoms with Gasteiger partial charge in [0.2, 0.25) is 11.8 Å². The van der Waals surface area contributed by atoms with Crippen LogP contribution in [0.3, 0.4) is 0 Å². The predicted octanol–water partition coefficient (Wildman–Crippen LogP) is 3.24. The van der Waals surface area contributed by atoms with E-state index in [4.69, 9.17) is 5.73 Å². The molecule has 6 nitrogen and oxygen atoms in total. The van der Waals surface area contributed by atoms with Gasteiger partial charge >= 0.3 is 0 Å². The van der Waals surface area contributed by atoms with E-state index < -0.39 is 0 Å². The summed E-state index contributed by atoms with van der Waals surface area (Å²) in [5.74, 6) is -0.129. The zero-order chi connectivity index (χ0) is 18.7. The Balaban J connectivity index is 2.55. The van der Waals surface area contributed by atoms with Crippen molar-refractivity contribution in [2.75, 3.05) is 25.0 Å². The molecule has 0 spiro atoms. The van der Waals surface area contributed by atoms with Crippen LogP contribution in [0.4, 0.5) is 5.13 Å². The molecular weight excluding hydrogens is 336 g/mol. The van der Waals surface area contributed by atoms with E-state index >= 15 is 0 Å². The lowest BCUT2D eigenvalue weighted by molar-refractivity contribution is -0.134. The molecule has 1 heterocycles. The summed E-state index contributed by atoms with van der Waals surface area (Å²) >= 11 is 1.46. The Hall–Kier alpha value is -1.47. The van der Waals surface area contributed by atoms with Gasteiger partial charge in [-0.1, -0.05) is 26.2 Å². The van der Waals surface area contributed by atoms with E-state index in [0.29, 0.717) is 24.6 Å². The highest BCUT2D eigenvalue weighted by Gasteiger charge is 2.17. The minimum absolute atomic E-state index is 0.0507. The number of nitrogens with two attached hydrogens (primary N) is 1. The van der Waals surface area contributed by atoms with Crippen LogP contribution in [-0.2, 0) is 9.59 Å². The van der Waals surface area contributed by atoms with Gasteiger partial charge in [-0.05, 0) is 39.7 Å². The molecule has 0 aromatic carbocycles. The number of amides is 2. The molecule has 0 aliphatic heterocycles. The number of carbonyl (C=O) groups is 2. The maximum absolute atomic E-state index is 12.4. The molecule has 1 aromatic rings. The second kappa shape index (κ2) is 12.0. The van der Waals surface area contributed by atoms with Crippen molar-refractivity contribution in [3.63, 3.8) is 0 Å². The molecule has 0 bridgehead atoms. The molecule has 1 aromatic heterocycles. The first-order valence-electron chi connectivity index (χ1n) is 9.19. The normalized spacial score (nSPS) is 10.7. The molecule has 3 N–H and O–H groups in total. The lowest BCUT2D eigenvalue weighted by Gasteiger charge is -2.22. The molecule has 25 heavy (non-hydrogen) atoms. The highest BCUT2D eigenvalue weighted by Crippen LogP contribution is 2.21. The van der Waals surface area contributed by atoms with E-state index in [-0.39, 0.29) is 18.4 Å². The van der Waals surface area contributed by atoms with Crippen LogP contribution in [0.1, 0.15) is 62.4 Å². The van der Waals surface area contributed by atoms with Crippen LogP contribution in [0.5, 0.6) is 0 Å². The number of anilines is 1. The molecule has 0 aliphatic carbocycles. The van der Waals surface area contributed by atoms with Gasteiger partial charge in [0.25, 0.3) is 0 Å². The Labute approximate surface area is 155 Å². The fourth-order valence-corrected chi connectivity index (χ4v) is 3.29. The van der Waals surface area contributed by atoms with Crippen LogP contribution in [0.2, 0.25) is 0 Å². The number of hydrogen-bond donors (Lipinski definition) is 2. The van der Waals surface area contributed by atoms with Gasteiger partial charge in [0.15, 0.2) is 5.13 Å². The fraction of sp³-hybridized carbons (Fsp3) is 0.722. The van der Waals surface area contributed by atoms with Crippen molar-refractivity contribution in [1.82, 2.24) is 9.88 Å². The third-order valence-electron chi connectivity index (χ3n) is 4.09. The summed E-state index contributed by atoms with van der Waals surface area (Å²) in [6.45, 7) is 7.40. The van der Waals surface area contributed by atoms with Crippen LogP contribution < -0.4 is 11.1 Å². The number of nitrogens with zero attached hydrogens (tertiary/aromatic N) is 2. The van der Waals surface area contributed by atoms with Gasteiger partial charge < -0.3 is 16.0 Å². The standard InChI is InChI=1S/C18H32N4O2S/c1-4-5-9-12-22(17(24)10-7-6-8-11-19)13-16(23)21-18-20-14(2)15(3)25-18/h4-13,19H2,1-3H3,(H,20,21,23). The first kappa shape index (κ1) is 21.6. The van der Waals surface area contributed by atoms with Crippen LogP contribution in [-0.4, -0.2) is 41.3 Å². The number of nitrogens with one attached hydrogen (secondary N) is 1. The molecule has 142 valence electrons. The van der Waals surface area contributed by atoms with Gasteiger partial charge in [-0.2, -0.15) is 0 Å². The van der Waals surface area contributed by atoms with Gasteiger partial charge in [0.1, 0.15) is 0 Å². The van der Waals surface area contributed by atoms with E-state index in [1.54, 1.807) is 4.90 Å². The van der Waals surface area contributed by atoms with Crippen molar-refractivity contribution >= 4 is 28.3 Å². The SMILES string of the molecule is CCCCCN(CC(=O)Nc1nc(C)c(C)s1)C(=O)CCCCCN. The maximum Gasteiger partial charge on any atom is 0.245 e. The lowest BCUT2D eigenvalue weighted by Crippen LogP contribution is -2.38. The Kier molecular flexibility index (Phi) is 10.3. The molecule has 0 fully saturated rings. The molecular formula is C18H32N4O2S. The number of aryl methyl sites for hydroxylation is 2. The van der Waals surface area contributed by atoms with Crippen LogP contribution in [0.25, 0.3) is 0 Å². The third kappa shape index (κ3) is 8.45. The van der Waals surface area contributed by atoms with Crippen molar-refractivity contribution in [3.05, 3.63) is 10.6 Å². The second-order valence-electron chi connectivity index (χ2n) is 6.33. The number of hydrogen-bond acceptors (Lipinski definition) is 5. The van der Waals surface area contributed by atoms with Crippen LogP contribution in [0, 0.1) is 13.8 Å². The molecule has 0 saturated carbocycles. The number of unbranched alkanes of at least 4 members (excludes halogenated alkanes) is 4. The summed E-state index contributed by atoms with van der Waals surface area (Å²) in [6, 6.07) is 0. The molecule has 0 saturated heterocycles. The van der Waals surface area contributed by atoms with E-state index in [1.807, 2.05) is 13.8 Å². The summed E-state index contributed by atoms with van der Waals surface area (Å²) in [7, 11) is 0. The number of thiazole rings is 1. The summed E-state index contributed by atoms with van der Waals surface area (Å²) < 4.78 is 0. The highest BCUT2D eigenvalue weighted by molar-refractivity contribution is 7.15. The van der Waals surface area contributed by atoms with Gasteiger partial charge in [0.05, 0.1) is 12.2 Å². The Morgan fingerprint density at radius 3 is 2.52 bits per heavy atom. The summed E-state index contributed by atoms with van der Waals surface area (Å²) in [5, 5.41) is 3.41. The van der Waals surface area contributed by atoms with Gasteiger partial charge in [-0.25, -0.2) is 4.98 Å². The van der Waals surface area contributed by atoms with Crippen molar-refractivity contribution in [1.29, 1.82) is 0 Å². The largest absolute Gasteiger partial charge is 0.333 e. The van der Waals surface area contributed by atoms with Crippen molar-refractivity contribution in [3.8, 4) is 0 Å². The Bertz CT molecular complexity index is 526. The van der Waals surface area contributed by atoms with Gasteiger partial charge in [-0.3, -0.25) is 9.59 Å². The monoisotopic (exact) mass is 368 g/mol. The fourth-order valence-electron chi connectivity index (χ4n) is 2.46. The third-order valence-corrected chi connectivity index (χ3v) is 5.08. The van der Waals surface area contributed by atoms with E-state index in [9.17, 15) is 9.59 Å². The van der Waals surface area contributed by atoms with Crippen molar-refractivity contribution in [2.45, 2.75) is 65.7 Å². The van der Waals surface area contributed by atoms with Crippen LogP contribution in [0.15, 0.2) is 0 Å². The Morgan fingerprint density at radius 1 is 1.16 bits per heavy atom. The molecule has 0 radical (unpaired) electrons. The number of aromatic nitrogens is 1. The van der Waals surface area contributed by atoms with Gasteiger partial charge in [-0.15, -0.1) is 11.3 Å². The molecule has 0 aliphatic rings. The second-order valence-corrected chi connectivity index (χ2v) is 7.53. The maximum atomic E-state index is 12.4. The minimum atomic E-state index is -0.180. The highest BCUT2D eigenvalue weighted by atomic mass is 32.1. The quantitative estimate of drug-likeness (QED) is 0.554. The zero-order valence-electron chi connectivity index (χ0n) is 15.8. The molecule has 1 rings (SSSR count). The Morgan fingerprint density at radius 2 is 1.92 bits per heavy atom. The average molecular weight is 369 g/mol. The summed E-state index contributed by atoms with van der Waals surface area (Å²) in [5.41, 5.74) is 6.41.